The van der Waals surface area contributed by atoms with Gasteiger partial charge in [0.25, 0.3) is 0 Å². The van der Waals surface area contributed by atoms with E-state index in [1.165, 1.54) is 17.3 Å². The number of carbonyl (C=O) groups excluding carboxylic acids is 1. The van der Waals surface area contributed by atoms with E-state index in [1.54, 1.807) is 11.0 Å². The smallest absolute Gasteiger partial charge is 0.220 e. The van der Waals surface area contributed by atoms with E-state index in [4.69, 9.17) is 4.74 Å². The fourth-order valence-electron chi connectivity index (χ4n) is 3.60. The molecule has 3 heterocycles. The fraction of sp³-hybridized carbons (Fsp3) is 0.400. The molecule has 4 rings (SSSR count). The molecule has 1 aliphatic rings. The van der Waals surface area contributed by atoms with Crippen molar-refractivity contribution in [2.24, 2.45) is 5.92 Å². The molecule has 1 fully saturated rings. The summed E-state index contributed by atoms with van der Waals surface area (Å²) >= 11 is 0. The molecule has 0 radical (unpaired) electrons. The monoisotopic (exact) mass is 365 g/mol. The van der Waals surface area contributed by atoms with Gasteiger partial charge in [-0.3, -0.25) is 14.5 Å². The lowest BCUT2D eigenvalue weighted by atomic mass is 9.93. The highest BCUT2D eigenvalue weighted by Gasteiger charge is 2.29. The number of fused-ring (bicyclic) bond motifs is 1. The Bertz CT molecular complexity index is 891. The normalized spacial score (nSPS) is 19.4. The predicted molar refractivity (Wildman–Crippen MR) is 101 cm³/mol. The van der Waals surface area contributed by atoms with Crippen molar-refractivity contribution in [1.82, 2.24) is 25.1 Å². The van der Waals surface area contributed by atoms with Gasteiger partial charge in [0, 0.05) is 30.5 Å². The zero-order valence-corrected chi connectivity index (χ0v) is 15.1. The summed E-state index contributed by atoms with van der Waals surface area (Å²) in [5, 5.41) is 8.37. The van der Waals surface area contributed by atoms with Gasteiger partial charge >= 0.3 is 0 Å². The third-order valence-electron chi connectivity index (χ3n) is 5.02. The van der Waals surface area contributed by atoms with Gasteiger partial charge in [-0.15, -0.1) is 0 Å². The topological polar surface area (TPSA) is 81.9 Å². The Morgan fingerprint density at radius 1 is 1.26 bits per heavy atom. The van der Waals surface area contributed by atoms with Gasteiger partial charge in [0.15, 0.2) is 0 Å². The molecule has 0 unspecified atom stereocenters. The van der Waals surface area contributed by atoms with Crippen molar-refractivity contribution in [2.75, 3.05) is 13.2 Å². The van der Waals surface area contributed by atoms with Crippen LogP contribution in [0.4, 0.5) is 0 Å². The lowest BCUT2D eigenvalue weighted by Crippen LogP contribution is -2.40. The first-order chi connectivity index (χ1) is 13.3. The van der Waals surface area contributed by atoms with Crippen molar-refractivity contribution in [2.45, 2.75) is 31.8 Å². The Labute approximate surface area is 157 Å². The van der Waals surface area contributed by atoms with Gasteiger partial charge < -0.3 is 10.1 Å². The minimum atomic E-state index is 0.0517. The molecule has 7 nitrogen and oxygen atoms in total. The zero-order chi connectivity index (χ0) is 18.5. The maximum absolute atomic E-state index is 12.3. The number of aromatic nitrogens is 4. The van der Waals surface area contributed by atoms with E-state index >= 15 is 0 Å². The first-order valence-corrected chi connectivity index (χ1v) is 9.32. The molecule has 0 bridgehead atoms. The highest BCUT2D eigenvalue weighted by atomic mass is 16.5. The van der Waals surface area contributed by atoms with Gasteiger partial charge in [-0.05, 0) is 30.5 Å². The minimum Gasteiger partial charge on any atom is -0.379 e. The van der Waals surface area contributed by atoms with Gasteiger partial charge in [-0.2, -0.15) is 5.10 Å². The van der Waals surface area contributed by atoms with E-state index in [-0.39, 0.29) is 17.9 Å². The number of hydrogen-bond donors (Lipinski definition) is 1. The molecule has 27 heavy (non-hydrogen) atoms. The Hall–Kier alpha value is -2.80. The molecular formula is C20H23N5O2. The van der Waals surface area contributed by atoms with Crippen molar-refractivity contribution < 1.29 is 9.53 Å². The number of ether oxygens (including phenoxy) is 1. The molecule has 0 aliphatic carbocycles. The molecule has 1 saturated heterocycles. The SMILES string of the molecule is O=C(CCCn1cncn1)N[C@@H]1COC[C@H]1Cc1ccnc2ccccc12. The van der Waals surface area contributed by atoms with Crippen LogP contribution in [0.15, 0.2) is 49.2 Å². The Morgan fingerprint density at radius 2 is 2.19 bits per heavy atom. The molecule has 2 atom stereocenters. The van der Waals surface area contributed by atoms with Crippen molar-refractivity contribution in [1.29, 1.82) is 0 Å². The van der Waals surface area contributed by atoms with Gasteiger partial charge in [0.1, 0.15) is 12.7 Å². The second kappa shape index (κ2) is 8.26. The number of para-hydroxylation sites is 1. The molecule has 1 N–H and O–H groups in total. The summed E-state index contributed by atoms with van der Waals surface area (Å²) in [6.45, 7) is 1.93. The van der Waals surface area contributed by atoms with Gasteiger partial charge in [-0.1, -0.05) is 18.2 Å². The van der Waals surface area contributed by atoms with Gasteiger partial charge in [-0.25, -0.2) is 4.98 Å². The van der Waals surface area contributed by atoms with E-state index in [2.05, 4.69) is 32.5 Å². The zero-order valence-electron chi connectivity index (χ0n) is 15.1. The number of carbonyl (C=O) groups is 1. The first-order valence-electron chi connectivity index (χ1n) is 9.32. The third-order valence-corrected chi connectivity index (χ3v) is 5.02. The molecule has 3 aromatic rings. The van der Waals surface area contributed by atoms with Crippen LogP contribution in [0.2, 0.25) is 0 Å². The maximum Gasteiger partial charge on any atom is 0.220 e. The lowest BCUT2D eigenvalue weighted by molar-refractivity contribution is -0.122. The lowest BCUT2D eigenvalue weighted by Gasteiger charge is -2.20. The van der Waals surface area contributed by atoms with Crippen LogP contribution in [0, 0.1) is 5.92 Å². The molecule has 2 aromatic heterocycles. The first kappa shape index (κ1) is 17.6. The van der Waals surface area contributed by atoms with E-state index in [0.717, 1.165) is 18.4 Å². The van der Waals surface area contributed by atoms with Crippen LogP contribution in [0.5, 0.6) is 0 Å². The van der Waals surface area contributed by atoms with E-state index in [1.807, 2.05) is 24.4 Å². The number of amides is 1. The van der Waals surface area contributed by atoms with Crippen LogP contribution in [-0.2, 0) is 22.5 Å². The highest BCUT2D eigenvalue weighted by Crippen LogP contribution is 2.24. The third kappa shape index (κ3) is 4.31. The quantitative estimate of drug-likeness (QED) is 0.692. The molecule has 1 aliphatic heterocycles. The number of hydrogen-bond acceptors (Lipinski definition) is 5. The molecule has 0 spiro atoms. The number of aryl methyl sites for hydroxylation is 1. The highest BCUT2D eigenvalue weighted by molar-refractivity contribution is 5.81. The van der Waals surface area contributed by atoms with E-state index < -0.39 is 0 Å². The molecule has 1 amide bonds. The number of nitrogens with zero attached hydrogens (tertiary/aromatic N) is 4. The van der Waals surface area contributed by atoms with Crippen LogP contribution in [-0.4, -0.2) is 44.9 Å². The average Bonchev–Trinajstić information content (AvgIpc) is 3.35. The summed E-state index contributed by atoms with van der Waals surface area (Å²) in [4.78, 5) is 20.6. The van der Waals surface area contributed by atoms with Gasteiger partial charge in [0.05, 0.1) is 24.8 Å². The van der Waals surface area contributed by atoms with Crippen molar-refractivity contribution >= 4 is 16.8 Å². The molecular weight excluding hydrogens is 342 g/mol. The Kier molecular flexibility index (Phi) is 5.39. The summed E-state index contributed by atoms with van der Waals surface area (Å²) in [6, 6.07) is 10.3. The minimum absolute atomic E-state index is 0.0517. The van der Waals surface area contributed by atoms with Crippen LogP contribution in [0.3, 0.4) is 0 Å². The average molecular weight is 365 g/mol. The summed E-state index contributed by atoms with van der Waals surface area (Å²) in [7, 11) is 0. The summed E-state index contributed by atoms with van der Waals surface area (Å²) in [6.07, 6.45) is 7.10. The van der Waals surface area contributed by atoms with Gasteiger partial charge in [0.2, 0.25) is 5.91 Å². The fourth-order valence-corrected chi connectivity index (χ4v) is 3.60. The Morgan fingerprint density at radius 3 is 3.07 bits per heavy atom. The number of rotatable bonds is 7. The van der Waals surface area contributed by atoms with E-state index in [9.17, 15) is 4.79 Å². The molecule has 1 aromatic carbocycles. The van der Waals surface area contributed by atoms with Crippen molar-refractivity contribution in [3.63, 3.8) is 0 Å². The summed E-state index contributed by atoms with van der Waals surface area (Å²) < 4.78 is 7.40. The number of nitrogens with one attached hydrogen (secondary N) is 1. The largest absolute Gasteiger partial charge is 0.379 e. The molecule has 0 saturated carbocycles. The summed E-state index contributed by atoms with van der Waals surface area (Å²) in [5.74, 6) is 0.338. The van der Waals surface area contributed by atoms with Crippen LogP contribution in [0.25, 0.3) is 10.9 Å². The van der Waals surface area contributed by atoms with Crippen LogP contribution in [0.1, 0.15) is 18.4 Å². The van der Waals surface area contributed by atoms with Crippen LogP contribution < -0.4 is 5.32 Å². The van der Waals surface area contributed by atoms with Crippen LogP contribution >= 0.6 is 0 Å². The standard InChI is InChI=1S/C20H23N5O2/c26-20(6-3-9-25-14-21-13-23-25)24-19-12-27-11-16(19)10-15-7-8-22-18-5-2-1-4-17(15)18/h1-2,4-5,7-8,13-14,16,19H,3,6,9-12H2,(H,24,26)/t16-,19-/m1/s1. The van der Waals surface area contributed by atoms with Crippen molar-refractivity contribution in [3.8, 4) is 0 Å². The van der Waals surface area contributed by atoms with E-state index in [0.29, 0.717) is 26.2 Å². The number of benzene rings is 1. The maximum atomic E-state index is 12.3. The second-order valence-electron chi connectivity index (χ2n) is 6.93. The molecule has 7 heteroatoms. The second-order valence-corrected chi connectivity index (χ2v) is 6.93. The summed E-state index contributed by atoms with van der Waals surface area (Å²) in [5.41, 5.74) is 2.25. The Balaban J connectivity index is 1.34. The van der Waals surface area contributed by atoms with Crippen molar-refractivity contribution in [3.05, 3.63) is 54.7 Å². The molecule has 140 valence electrons. The predicted octanol–water partition coefficient (Wildman–Crippen LogP) is 1.98. The number of pyridine rings is 1.